The SMILES string of the molecule is COc1ccc([C@@H]2[C@H](C(=O)NCCc3ccncc3)c3ccccc3C(=O)N2C)cc1OC. The van der Waals surface area contributed by atoms with E-state index in [1.807, 2.05) is 42.5 Å². The average molecular weight is 446 g/mol. The van der Waals surface area contributed by atoms with Gasteiger partial charge in [0.25, 0.3) is 5.91 Å². The summed E-state index contributed by atoms with van der Waals surface area (Å²) in [4.78, 5) is 32.4. The maximum absolute atomic E-state index is 13.5. The van der Waals surface area contributed by atoms with Crippen LogP contribution in [0, 0.1) is 0 Å². The Bertz CT molecular complexity index is 1150. The van der Waals surface area contributed by atoms with Crippen LogP contribution >= 0.6 is 0 Å². The number of likely N-dealkylation sites (N-methyl/N-ethyl adjacent to an activating group) is 1. The molecule has 0 fully saturated rings. The van der Waals surface area contributed by atoms with Gasteiger partial charge in [0.2, 0.25) is 5.91 Å². The molecule has 7 heteroatoms. The molecule has 7 nitrogen and oxygen atoms in total. The molecule has 33 heavy (non-hydrogen) atoms. The third-order valence-corrected chi connectivity index (χ3v) is 6.07. The van der Waals surface area contributed by atoms with Crippen molar-refractivity contribution in [2.24, 2.45) is 0 Å². The Hall–Kier alpha value is -3.87. The highest BCUT2D eigenvalue weighted by Gasteiger charge is 2.42. The van der Waals surface area contributed by atoms with Gasteiger partial charge in [-0.25, -0.2) is 0 Å². The molecule has 0 saturated carbocycles. The van der Waals surface area contributed by atoms with Crippen LogP contribution in [0.15, 0.2) is 67.0 Å². The Balaban J connectivity index is 1.69. The molecule has 2 heterocycles. The second kappa shape index (κ2) is 9.73. The number of ether oxygens (including phenoxy) is 2. The second-order valence-corrected chi connectivity index (χ2v) is 7.94. The van der Waals surface area contributed by atoms with Crippen molar-refractivity contribution < 1.29 is 19.1 Å². The number of hydrogen-bond donors (Lipinski definition) is 1. The molecule has 0 aliphatic carbocycles. The number of nitrogens with one attached hydrogen (secondary N) is 1. The summed E-state index contributed by atoms with van der Waals surface area (Å²) in [6.45, 7) is 0.484. The lowest BCUT2D eigenvalue weighted by Crippen LogP contribution is -2.46. The number of hydrogen-bond acceptors (Lipinski definition) is 5. The Kier molecular flexibility index (Phi) is 6.58. The third-order valence-electron chi connectivity index (χ3n) is 6.07. The standard InChI is InChI=1S/C26H27N3O4/c1-29-24(18-8-9-21(32-2)22(16-18)33-3)23(19-6-4-5-7-20(19)26(29)31)25(30)28-15-12-17-10-13-27-14-11-17/h4-11,13-14,16,23-24H,12,15H2,1-3H3,(H,28,30)/t23-,24-/m1/s1. The molecule has 2 aromatic carbocycles. The lowest BCUT2D eigenvalue weighted by atomic mass is 9.79. The Morgan fingerprint density at radius 1 is 1.03 bits per heavy atom. The van der Waals surface area contributed by atoms with E-state index in [1.54, 1.807) is 50.7 Å². The van der Waals surface area contributed by atoms with Gasteiger partial charge in [0.15, 0.2) is 11.5 Å². The monoisotopic (exact) mass is 445 g/mol. The topological polar surface area (TPSA) is 80.8 Å². The van der Waals surface area contributed by atoms with E-state index in [4.69, 9.17) is 9.47 Å². The number of fused-ring (bicyclic) bond motifs is 1. The summed E-state index contributed by atoms with van der Waals surface area (Å²) >= 11 is 0. The number of pyridine rings is 1. The minimum atomic E-state index is -0.570. The highest BCUT2D eigenvalue weighted by Crippen LogP contribution is 2.43. The fraction of sp³-hybridized carbons (Fsp3) is 0.269. The molecule has 2 amide bonds. The predicted octanol–water partition coefficient (Wildman–Crippen LogP) is 3.37. The zero-order valence-corrected chi connectivity index (χ0v) is 18.9. The summed E-state index contributed by atoms with van der Waals surface area (Å²) < 4.78 is 10.8. The zero-order chi connectivity index (χ0) is 23.4. The second-order valence-electron chi connectivity index (χ2n) is 7.94. The minimum Gasteiger partial charge on any atom is -0.493 e. The average Bonchev–Trinajstić information content (AvgIpc) is 2.86. The van der Waals surface area contributed by atoms with Gasteiger partial charge < -0.3 is 19.7 Å². The first kappa shape index (κ1) is 22.3. The van der Waals surface area contributed by atoms with Gasteiger partial charge in [0, 0.05) is 31.5 Å². The fourth-order valence-corrected chi connectivity index (χ4v) is 4.40. The minimum absolute atomic E-state index is 0.119. The Morgan fingerprint density at radius 2 is 1.76 bits per heavy atom. The largest absolute Gasteiger partial charge is 0.493 e. The van der Waals surface area contributed by atoms with E-state index in [-0.39, 0.29) is 11.8 Å². The van der Waals surface area contributed by atoms with Crippen LogP contribution in [-0.2, 0) is 11.2 Å². The van der Waals surface area contributed by atoms with Crippen molar-refractivity contribution in [2.75, 3.05) is 27.8 Å². The molecule has 1 aromatic heterocycles. The van der Waals surface area contributed by atoms with Crippen LogP contribution in [-0.4, -0.2) is 49.5 Å². The Morgan fingerprint density at radius 3 is 2.48 bits per heavy atom. The number of nitrogens with zero attached hydrogens (tertiary/aromatic N) is 2. The van der Waals surface area contributed by atoms with Crippen LogP contribution in [0.4, 0.5) is 0 Å². The number of benzene rings is 2. The molecule has 2 atom stereocenters. The van der Waals surface area contributed by atoms with E-state index in [0.717, 1.165) is 16.7 Å². The van der Waals surface area contributed by atoms with E-state index in [0.29, 0.717) is 30.0 Å². The van der Waals surface area contributed by atoms with Crippen LogP contribution in [0.1, 0.15) is 39.0 Å². The van der Waals surface area contributed by atoms with Crippen LogP contribution in [0.2, 0.25) is 0 Å². The van der Waals surface area contributed by atoms with Crippen molar-refractivity contribution in [3.63, 3.8) is 0 Å². The maximum atomic E-state index is 13.5. The van der Waals surface area contributed by atoms with Crippen molar-refractivity contribution in [1.82, 2.24) is 15.2 Å². The summed E-state index contributed by atoms with van der Waals surface area (Å²) in [5.41, 5.74) is 3.16. The first-order valence-electron chi connectivity index (χ1n) is 10.8. The van der Waals surface area contributed by atoms with E-state index in [2.05, 4.69) is 10.3 Å². The predicted molar refractivity (Wildman–Crippen MR) is 125 cm³/mol. The lowest BCUT2D eigenvalue weighted by Gasteiger charge is -2.40. The first-order valence-corrected chi connectivity index (χ1v) is 10.8. The number of aromatic nitrogens is 1. The van der Waals surface area contributed by atoms with Crippen LogP contribution in [0.3, 0.4) is 0 Å². The van der Waals surface area contributed by atoms with Crippen LogP contribution in [0.25, 0.3) is 0 Å². The molecule has 170 valence electrons. The number of carbonyl (C=O) groups is 2. The molecule has 1 aliphatic heterocycles. The molecule has 1 aliphatic rings. The van der Waals surface area contributed by atoms with Gasteiger partial charge in [-0.1, -0.05) is 24.3 Å². The molecule has 1 N–H and O–H groups in total. The Labute approximate surface area is 193 Å². The van der Waals surface area contributed by atoms with Crippen molar-refractivity contribution in [2.45, 2.75) is 18.4 Å². The molecule has 0 saturated heterocycles. The van der Waals surface area contributed by atoms with Gasteiger partial charge >= 0.3 is 0 Å². The molecule has 0 radical (unpaired) electrons. The zero-order valence-electron chi connectivity index (χ0n) is 18.9. The molecule has 0 spiro atoms. The smallest absolute Gasteiger partial charge is 0.254 e. The fourth-order valence-electron chi connectivity index (χ4n) is 4.40. The summed E-state index contributed by atoms with van der Waals surface area (Å²) in [5.74, 6) is 0.317. The van der Waals surface area contributed by atoms with Gasteiger partial charge in [0.05, 0.1) is 26.2 Å². The highest BCUT2D eigenvalue weighted by atomic mass is 16.5. The highest BCUT2D eigenvalue weighted by molar-refractivity contribution is 6.01. The van der Waals surface area contributed by atoms with E-state index >= 15 is 0 Å². The van der Waals surface area contributed by atoms with Crippen molar-refractivity contribution in [3.8, 4) is 11.5 Å². The first-order chi connectivity index (χ1) is 16.0. The normalized spacial score (nSPS) is 17.3. The van der Waals surface area contributed by atoms with E-state index in [9.17, 15) is 9.59 Å². The molecule has 0 unspecified atom stereocenters. The summed E-state index contributed by atoms with van der Waals surface area (Å²) in [6, 6.07) is 16.2. The molecular weight excluding hydrogens is 418 g/mol. The number of carbonyl (C=O) groups excluding carboxylic acids is 2. The maximum Gasteiger partial charge on any atom is 0.254 e. The van der Waals surface area contributed by atoms with Gasteiger partial charge in [0.1, 0.15) is 0 Å². The lowest BCUT2D eigenvalue weighted by molar-refractivity contribution is -0.124. The summed E-state index contributed by atoms with van der Waals surface area (Å²) in [6.07, 6.45) is 4.17. The molecule has 3 aromatic rings. The van der Waals surface area contributed by atoms with Gasteiger partial charge in [-0.05, 0) is 53.4 Å². The van der Waals surface area contributed by atoms with Crippen molar-refractivity contribution in [1.29, 1.82) is 0 Å². The third kappa shape index (κ3) is 4.39. The quantitative estimate of drug-likeness (QED) is 0.603. The van der Waals surface area contributed by atoms with Gasteiger partial charge in [-0.3, -0.25) is 14.6 Å². The van der Waals surface area contributed by atoms with Crippen molar-refractivity contribution >= 4 is 11.8 Å². The molecular formula is C26H27N3O4. The van der Waals surface area contributed by atoms with Gasteiger partial charge in [-0.2, -0.15) is 0 Å². The number of amides is 2. The van der Waals surface area contributed by atoms with Crippen LogP contribution < -0.4 is 14.8 Å². The van der Waals surface area contributed by atoms with Crippen LogP contribution in [0.5, 0.6) is 11.5 Å². The van der Waals surface area contributed by atoms with E-state index < -0.39 is 12.0 Å². The van der Waals surface area contributed by atoms with E-state index in [1.165, 1.54) is 0 Å². The number of rotatable bonds is 7. The molecule has 4 rings (SSSR count). The summed E-state index contributed by atoms with van der Waals surface area (Å²) in [5, 5.41) is 3.07. The van der Waals surface area contributed by atoms with Crippen molar-refractivity contribution in [3.05, 3.63) is 89.2 Å². The molecule has 0 bridgehead atoms. The number of methoxy groups -OCH3 is 2. The summed E-state index contributed by atoms with van der Waals surface area (Å²) in [7, 11) is 4.87. The van der Waals surface area contributed by atoms with Gasteiger partial charge in [-0.15, -0.1) is 0 Å².